The Bertz CT molecular complexity index is 856. The molecule has 3 saturated carbocycles. The minimum atomic E-state index is -1.79. The molecule has 174 valence electrons. The van der Waals surface area contributed by atoms with Crippen LogP contribution in [0.1, 0.15) is 91.3 Å². The first-order valence-corrected chi connectivity index (χ1v) is 15.9. The molecule has 7 atom stereocenters. The molecule has 3 fully saturated rings. The van der Waals surface area contributed by atoms with E-state index in [4.69, 9.17) is 4.43 Å². The number of aromatic amines is 1. The van der Waals surface area contributed by atoms with Crippen LogP contribution in [0.4, 0.5) is 0 Å². The van der Waals surface area contributed by atoms with Crippen molar-refractivity contribution in [2.75, 3.05) is 0 Å². The van der Waals surface area contributed by atoms with Gasteiger partial charge in [-0.25, -0.2) is 0 Å². The quantitative estimate of drug-likeness (QED) is 0.494. The molecule has 0 aliphatic heterocycles. The van der Waals surface area contributed by atoms with E-state index in [1.54, 1.807) is 0 Å². The zero-order valence-electron chi connectivity index (χ0n) is 21.4. The third-order valence-electron chi connectivity index (χ3n) is 11.7. The lowest BCUT2D eigenvalue weighted by atomic mass is 9.44. The molecular weight excluding hydrogens is 396 g/mol. The van der Waals surface area contributed by atoms with Gasteiger partial charge in [0.1, 0.15) is 0 Å². The Morgan fingerprint density at radius 1 is 1.03 bits per heavy atom. The summed E-state index contributed by atoms with van der Waals surface area (Å²) in [5, 5.41) is 7.98. The summed E-state index contributed by atoms with van der Waals surface area (Å²) in [7, 11) is -1.79. The van der Waals surface area contributed by atoms with Crippen molar-refractivity contribution in [2.45, 2.75) is 117 Å². The maximum atomic E-state index is 7.30. The van der Waals surface area contributed by atoms with Crippen LogP contribution in [0.15, 0.2) is 6.20 Å². The van der Waals surface area contributed by atoms with Gasteiger partial charge in [-0.2, -0.15) is 5.10 Å². The lowest BCUT2D eigenvalue weighted by Gasteiger charge is -2.62. The molecule has 4 heteroatoms. The summed E-state index contributed by atoms with van der Waals surface area (Å²) in [6.07, 6.45) is 12.8. The molecule has 3 nitrogen and oxygen atoms in total. The normalized spacial score (nSPS) is 44.9. The third-order valence-corrected chi connectivity index (χ3v) is 16.3. The first kappa shape index (κ1) is 22.2. The molecule has 1 heterocycles. The molecule has 0 amide bonds. The predicted octanol–water partition coefficient (Wildman–Crippen LogP) is 7.15. The first-order valence-electron chi connectivity index (χ1n) is 13.0. The second-order valence-corrected chi connectivity index (χ2v) is 18.7. The molecule has 31 heavy (non-hydrogen) atoms. The highest BCUT2D eigenvalue weighted by Crippen LogP contribution is 2.69. The average molecular weight is 443 g/mol. The SMILES string of the molecule is CC12Cc3cn[nH]c3CC1CCC1C2CCC2(C)C1CCC2(C)O[Si](C)(C)C(C)(C)C. The Balaban J connectivity index is 1.43. The third kappa shape index (κ3) is 3.02. The van der Waals surface area contributed by atoms with Crippen molar-refractivity contribution in [3.63, 3.8) is 0 Å². The highest BCUT2D eigenvalue weighted by molar-refractivity contribution is 6.74. The Labute approximate surface area is 191 Å². The summed E-state index contributed by atoms with van der Waals surface area (Å²) in [6, 6.07) is 0. The highest BCUT2D eigenvalue weighted by atomic mass is 28.4. The topological polar surface area (TPSA) is 37.9 Å². The van der Waals surface area contributed by atoms with Crippen LogP contribution in [0, 0.1) is 34.5 Å². The average Bonchev–Trinajstić information content (AvgIpc) is 3.19. The van der Waals surface area contributed by atoms with E-state index >= 15 is 0 Å². The second-order valence-electron chi connectivity index (χ2n) is 14.0. The van der Waals surface area contributed by atoms with Crippen LogP contribution in [0.3, 0.4) is 0 Å². The summed E-state index contributed by atoms with van der Waals surface area (Å²) >= 11 is 0. The molecule has 0 saturated heterocycles. The van der Waals surface area contributed by atoms with E-state index in [2.05, 4.69) is 71.0 Å². The van der Waals surface area contributed by atoms with Gasteiger partial charge in [-0.15, -0.1) is 0 Å². The number of aromatic nitrogens is 2. The van der Waals surface area contributed by atoms with E-state index in [9.17, 15) is 0 Å². The molecule has 0 aromatic carbocycles. The van der Waals surface area contributed by atoms with Crippen LogP contribution < -0.4 is 0 Å². The number of hydrogen-bond acceptors (Lipinski definition) is 2. The maximum absolute atomic E-state index is 7.30. The molecule has 1 N–H and O–H groups in total. The van der Waals surface area contributed by atoms with Crippen molar-refractivity contribution in [3.8, 4) is 0 Å². The fraction of sp³-hybridized carbons (Fsp3) is 0.889. The number of nitrogens with zero attached hydrogens (tertiary/aromatic N) is 1. The number of fused-ring (bicyclic) bond motifs is 6. The molecule has 0 radical (unpaired) electrons. The molecule has 0 spiro atoms. The Morgan fingerprint density at radius 3 is 2.45 bits per heavy atom. The fourth-order valence-electron chi connectivity index (χ4n) is 8.58. The first-order chi connectivity index (χ1) is 14.3. The number of hydrogen-bond donors (Lipinski definition) is 1. The number of H-pyrrole nitrogens is 1. The minimum Gasteiger partial charge on any atom is -0.411 e. The van der Waals surface area contributed by atoms with Crippen molar-refractivity contribution < 1.29 is 4.43 Å². The van der Waals surface area contributed by atoms with Crippen LogP contribution in [-0.4, -0.2) is 24.1 Å². The van der Waals surface area contributed by atoms with Gasteiger partial charge in [0.25, 0.3) is 0 Å². The van der Waals surface area contributed by atoms with E-state index in [1.807, 2.05) is 0 Å². The van der Waals surface area contributed by atoms with Crippen LogP contribution >= 0.6 is 0 Å². The molecule has 1 aromatic heterocycles. The molecule has 1 aromatic rings. The van der Waals surface area contributed by atoms with E-state index in [1.165, 1.54) is 62.6 Å². The smallest absolute Gasteiger partial charge is 0.192 e. The van der Waals surface area contributed by atoms with Gasteiger partial charge in [-0.05, 0) is 116 Å². The zero-order chi connectivity index (χ0) is 22.4. The van der Waals surface area contributed by atoms with Crippen molar-refractivity contribution in [3.05, 3.63) is 17.5 Å². The van der Waals surface area contributed by atoms with E-state index < -0.39 is 8.32 Å². The number of nitrogens with one attached hydrogen (secondary N) is 1. The van der Waals surface area contributed by atoms with Gasteiger partial charge in [0, 0.05) is 5.69 Å². The van der Waals surface area contributed by atoms with Gasteiger partial charge < -0.3 is 4.43 Å². The Kier molecular flexibility index (Phi) is 4.81. The van der Waals surface area contributed by atoms with Gasteiger partial charge >= 0.3 is 0 Å². The van der Waals surface area contributed by atoms with Crippen LogP contribution in [0.25, 0.3) is 0 Å². The zero-order valence-corrected chi connectivity index (χ0v) is 22.4. The lowest BCUT2D eigenvalue weighted by Crippen LogP contribution is -2.59. The highest BCUT2D eigenvalue weighted by Gasteiger charge is 2.65. The van der Waals surface area contributed by atoms with Gasteiger partial charge in [-0.1, -0.05) is 34.6 Å². The standard InChI is InChI=1S/C27H46N2OSi/c1-24(2,3)31(7,8)30-27(6)14-12-22-20-10-9-19-15-23-18(17-28-29-23)16-25(19,4)21(20)11-13-26(22,27)5/h17,19-22H,9-16H2,1-8H3,(H,28,29). The molecule has 5 rings (SSSR count). The second kappa shape index (κ2) is 6.71. The van der Waals surface area contributed by atoms with Crippen molar-refractivity contribution in [1.82, 2.24) is 10.2 Å². The largest absolute Gasteiger partial charge is 0.411 e. The van der Waals surface area contributed by atoms with Gasteiger partial charge in [0.05, 0.1) is 11.8 Å². The predicted molar refractivity (Wildman–Crippen MR) is 131 cm³/mol. The van der Waals surface area contributed by atoms with E-state index in [0.29, 0.717) is 10.8 Å². The Morgan fingerprint density at radius 2 is 1.74 bits per heavy atom. The minimum absolute atomic E-state index is 0.0493. The van der Waals surface area contributed by atoms with Crippen LogP contribution in [0.5, 0.6) is 0 Å². The summed E-state index contributed by atoms with van der Waals surface area (Å²) in [6.45, 7) is 19.9. The maximum Gasteiger partial charge on any atom is 0.192 e. The summed E-state index contributed by atoms with van der Waals surface area (Å²) in [5.74, 6) is 3.44. The molecular formula is C27H46N2OSi. The van der Waals surface area contributed by atoms with Gasteiger partial charge in [0.2, 0.25) is 0 Å². The fourth-order valence-corrected chi connectivity index (χ4v) is 10.3. The molecule has 4 aliphatic rings. The van der Waals surface area contributed by atoms with E-state index in [-0.39, 0.29) is 10.6 Å². The molecule has 4 aliphatic carbocycles. The number of rotatable bonds is 2. The van der Waals surface area contributed by atoms with Crippen molar-refractivity contribution in [2.24, 2.45) is 34.5 Å². The van der Waals surface area contributed by atoms with Gasteiger partial charge in [0.15, 0.2) is 8.32 Å². The summed E-state index contributed by atoms with van der Waals surface area (Å²) in [5.41, 5.74) is 3.78. The molecule has 0 bridgehead atoms. The summed E-state index contributed by atoms with van der Waals surface area (Å²) in [4.78, 5) is 0. The molecule has 7 unspecified atom stereocenters. The Hall–Kier alpha value is -0.613. The van der Waals surface area contributed by atoms with E-state index in [0.717, 1.165) is 23.7 Å². The van der Waals surface area contributed by atoms with Crippen molar-refractivity contribution in [1.29, 1.82) is 0 Å². The van der Waals surface area contributed by atoms with Crippen LogP contribution in [0.2, 0.25) is 18.1 Å². The lowest BCUT2D eigenvalue weighted by molar-refractivity contribution is -0.134. The van der Waals surface area contributed by atoms with Gasteiger partial charge in [-0.3, -0.25) is 5.10 Å². The van der Waals surface area contributed by atoms with Crippen LogP contribution in [-0.2, 0) is 17.3 Å². The van der Waals surface area contributed by atoms with Crippen molar-refractivity contribution >= 4 is 8.32 Å². The monoisotopic (exact) mass is 442 g/mol. The summed E-state index contributed by atoms with van der Waals surface area (Å²) < 4.78 is 7.30.